The van der Waals surface area contributed by atoms with Crippen LogP contribution in [-0.4, -0.2) is 43.7 Å². The molecule has 1 heterocycles. The average Bonchev–Trinajstić information content (AvgIpc) is 3.03. The molecule has 1 N–H and O–H groups in total. The second-order valence-electron chi connectivity index (χ2n) is 6.24. The van der Waals surface area contributed by atoms with Gasteiger partial charge in [0.05, 0.1) is 11.4 Å². The van der Waals surface area contributed by atoms with Gasteiger partial charge in [-0.2, -0.15) is 5.10 Å². The maximum absolute atomic E-state index is 12.7. The lowest BCUT2D eigenvalue weighted by molar-refractivity contribution is 0.373. The van der Waals surface area contributed by atoms with Crippen molar-refractivity contribution >= 4 is 15.8 Å². The van der Waals surface area contributed by atoms with Crippen molar-refractivity contribution < 1.29 is 8.42 Å². The zero-order valence-electron chi connectivity index (χ0n) is 14.8. The molecule has 0 unspecified atom stereocenters. The van der Waals surface area contributed by atoms with Gasteiger partial charge in [-0.1, -0.05) is 48.5 Å². The minimum absolute atomic E-state index is 0.210. The van der Waals surface area contributed by atoms with Crippen LogP contribution in [0.15, 0.2) is 71.8 Å². The molecule has 0 aliphatic rings. The Morgan fingerprint density at radius 2 is 1.62 bits per heavy atom. The molecule has 0 aliphatic heterocycles. The number of anilines is 1. The maximum Gasteiger partial charge on any atom is 0.263 e. The van der Waals surface area contributed by atoms with Crippen molar-refractivity contribution in [3.05, 3.63) is 66.9 Å². The molecule has 0 bridgehead atoms. The average molecular weight is 370 g/mol. The Labute approximate surface area is 154 Å². The lowest BCUT2D eigenvalue weighted by Gasteiger charge is -2.09. The summed E-state index contributed by atoms with van der Waals surface area (Å²) in [6.07, 6.45) is 1.88. The molecule has 2 aromatic carbocycles. The zero-order chi connectivity index (χ0) is 18.6. The minimum Gasteiger partial charge on any atom is -0.308 e. The van der Waals surface area contributed by atoms with E-state index in [1.807, 2.05) is 50.6 Å². The molecule has 0 amide bonds. The normalized spacial score (nSPS) is 11.7. The van der Waals surface area contributed by atoms with Crippen LogP contribution < -0.4 is 4.72 Å². The van der Waals surface area contributed by atoms with Gasteiger partial charge in [-0.15, -0.1) is 0 Å². The SMILES string of the molecule is CN(C)CCn1cc(-c2ccccc2)c(NS(=O)(=O)c2ccccc2)n1. The molecule has 0 aliphatic carbocycles. The monoisotopic (exact) mass is 370 g/mol. The van der Waals surface area contributed by atoms with Gasteiger partial charge in [-0.3, -0.25) is 9.40 Å². The first kappa shape index (κ1) is 18.2. The highest BCUT2D eigenvalue weighted by atomic mass is 32.2. The quantitative estimate of drug-likeness (QED) is 0.694. The first-order valence-corrected chi connectivity index (χ1v) is 9.79. The Morgan fingerprint density at radius 3 is 2.23 bits per heavy atom. The van der Waals surface area contributed by atoms with Crippen molar-refractivity contribution in [1.82, 2.24) is 14.7 Å². The maximum atomic E-state index is 12.7. The van der Waals surface area contributed by atoms with Crippen LogP contribution in [0.3, 0.4) is 0 Å². The molecule has 6 nitrogen and oxygen atoms in total. The van der Waals surface area contributed by atoms with Crippen molar-refractivity contribution in [2.24, 2.45) is 0 Å². The number of aromatic nitrogens is 2. The Balaban J connectivity index is 1.97. The second kappa shape index (κ2) is 7.72. The summed E-state index contributed by atoms with van der Waals surface area (Å²) in [5.74, 6) is 0.332. The topological polar surface area (TPSA) is 67.2 Å². The smallest absolute Gasteiger partial charge is 0.263 e. The molecule has 0 fully saturated rings. The van der Waals surface area contributed by atoms with Crippen LogP contribution in [0.5, 0.6) is 0 Å². The molecular weight excluding hydrogens is 348 g/mol. The third-order valence-corrected chi connectivity index (χ3v) is 5.26. The summed E-state index contributed by atoms with van der Waals surface area (Å²) in [7, 11) is 0.275. The van der Waals surface area contributed by atoms with Gasteiger partial charge in [-0.05, 0) is 31.8 Å². The number of likely N-dealkylation sites (N-methyl/N-ethyl adjacent to an activating group) is 1. The zero-order valence-corrected chi connectivity index (χ0v) is 15.6. The molecule has 3 aromatic rings. The van der Waals surface area contributed by atoms with E-state index in [1.165, 1.54) is 0 Å². The summed E-state index contributed by atoms with van der Waals surface area (Å²) in [5.41, 5.74) is 1.67. The molecule has 1 aromatic heterocycles. The van der Waals surface area contributed by atoms with E-state index in [0.29, 0.717) is 12.4 Å². The van der Waals surface area contributed by atoms with Crippen LogP contribution >= 0.6 is 0 Å². The number of nitrogens with one attached hydrogen (secondary N) is 1. The van der Waals surface area contributed by atoms with E-state index in [4.69, 9.17) is 0 Å². The molecule has 136 valence electrons. The molecule has 7 heteroatoms. The number of benzene rings is 2. The third kappa shape index (κ3) is 4.30. The van der Waals surface area contributed by atoms with Gasteiger partial charge in [-0.25, -0.2) is 8.42 Å². The molecule has 0 saturated heterocycles. The number of rotatable bonds is 7. The first-order valence-electron chi connectivity index (χ1n) is 8.31. The van der Waals surface area contributed by atoms with E-state index in [9.17, 15) is 8.42 Å². The second-order valence-corrected chi connectivity index (χ2v) is 7.92. The van der Waals surface area contributed by atoms with E-state index >= 15 is 0 Å². The highest BCUT2D eigenvalue weighted by Gasteiger charge is 2.19. The van der Waals surface area contributed by atoms with E-state index in [-0.39, 0.29) is 4.90 Å². The standard InChI is InChI=1S/C19H22N4O2S/c1-22(2)13-14-23-15-18(16-9-5-3-6-10-16)19(20-23)21-26(24,25)17-11-7-4-8-12-17/h3-12,15H,13-14H2,1-2H3,(H,20,21). The van der Waals surface area contributed by atoms with Gasteiger partial charge < -0.3 is 4.90 Å². The van der Waals surface area contributed by atoms with Crippen molar-refractivity contribution in [3.8, 4) is 11.1 Å². The number of sulfonamides is 1. The molecule has 0 spiro atoms. The minimum atomic E-state index is -3.70. The van der Waals surface area contributed by atoms with Gasteiger partial charge in [0, 0.05) is 18.3 Å². The van der Waals surface area contributed by atoms with Crippen LogP contribution in [0.4, 0.5) is 5.82 Å². The highest BCUT2D eigenvalue weighted by molar-refractivity contribution is 7.92. The molecule has 26 heavy (non-hydrogen) atoms. The summed E-state index contributed by atoms with van der Waals surface area (Å²) in [6, 6.07) is 17.9. The van der Waals surface area contributed by atoms with Gasteiger partial charge in [0.1, 0.15) is 0 Å². The van der Waals surface area contributed by atoms with Crippen LogP contribution in [0.2, 0.25) is 0 Å². The summed E-state index contributed by atoms with van der Waals surface area (Å²) >= 11 is 0. The molecule has 0 radical (unpaired) electrons. The Bertz CT molecular complexity index is 952. The number of hydrogen-bond donors (Lipinski definition) is 1. The Kier molecular flexibility index (Phi) is 5.39. The van der Waals surface area contributed by atoms with Crippen LogP contribution in [0, 0.1) is 0 Å². The van der Waals surface area contributed by atoms with E-state index in [0.717, 1.165) is 17.7 Å². The molecule has 3 rings (SSSR count). The number of hydrogen-bond acceptors (Lipinski definition) is 4. The third-order valence-electron chi connectivity index (χ3n) is 3.91. The molecule has 0 saturated carbocycles. The summed E-state index contributed by atoms with van der Waals surface area (Å²) in [4.78, 5) is 2.26. The lowest BCUT2D eigenvalue weighted by atomic mass is 10.1. The first-order chi connectivity index (χ1) is 12.5. The van der Waals surface area contributed by atoms with Gasteiger partial charge in [0.2, 0.25) is 0 Å². The van der Waals surface area contributed by atoms with E-state index < -0.39 is 10.0 Å². The fourth-order valence-electron chi connectivity index (χ4n) is 2.53. The Morgan fingerprint density at radius 1 is 1.00 bits per heavy atom. The largest absolute Gasteiger partial charge is 0.308 e. The molecule has 0 atom stereocenters. The lowest BCUT2D eigenvalue weighted by Crippen LogP contribution is -2.19. The summed E-state index contributed by atoms with van der Waals surface area (Å²) in [6.45, 7) is 1.47. The van der Waals surface area contributed by atoms with Gasteiger partial charge in [0.15, 0.2) is 5.82 Å². The van der Waals surface area contributed by atoms with Crippen LogP contribution in [0.25, 0.3) is 11.1 Å². The highest BCUT2D eigenvalue weighted by Crippen LogP contribution is 2.28. The fraction of sp³-hybridized carbons (Fsp3) is 0.211. The van der Waals surface area contributed by atoms with E-state index in [2.05, 4.69) is 14.7 Å². The van der Waals surface area contributed by atoms with Gasteiger partial charge >= 0.3 is 0 Å². The van der Waals surface area contributed by atoms with Crippen LogP contribution in [-0.2, 0) is 16.6 Å². The van der Waals surface area contributed by atoms with Crippen molar-refractivity contribution in [3.63, 3.8) is 0 Å². The predicted octanol–water partition coefficient (Wildman–Crippen LogP) is 2.91. The summed E-state index contributed by atoms with van der Waals surface area (Å²) in [5, 5.41) is 4.47. The molecular formula is C19H22N4O2S. The number of nitrogens with zero attached hydrogens (tertiary/aromatic N) is 3. The van der Waals surface area contributed by atoms with Crippen molar-refractivity contribution in [2.45, 2.75) is 11.4 Å². The summed E-state index contributed by atoms with van der Waals surface area (Å²) < 4.78 is 29.8. The fourth-order valence-corrected chi connectivity index (χ4v) is 3.57. The van der Waals surface area contributed by atoms with E-state index in [1.54, 1.807) is 35.0 Å². The predicted molar refractivity (Wildman–Crippen MR) is 103 cm³/mol. The van der Waals surface area contributed by atoms with Gasteiger partial charge in [0.25, 0.3) is 10.0 Å². The van der Waals surface area contributed by atoms with Crippen molar-refractivity contribution in [2.75, 3.05) is 25.4 Å². The van der Waals surface area contributed by atoms with Crippen molar-refractivity contribution in [1.29, 1.82) is 0 Å². The van der Waals surface area contributed by atoms with Crippen LogP contribution in [0.1, 0.15) is 0 Å². The Hall–Kier alpha value is -2.64.